The van der Waals surface area contributed by atoms with Crippen molar-refractivity contribution in [2.45, 2.75) is 61.8 Å². The molecule has 31 heavy (non-hydrogen) atoms. The van der Waals surface area contributed by atoms with Crippen molar-refractivity contribution in [3.63, 3.8) is 0 Å². The lowest BCUT2D eigenvalue weighted by Crippen LogP contribution is -2.08. The van der Waals surface area contributed by atoms with Crippen molar-refractivity contribution in [1.29, 1.82) is 0 Å². The number of para-hydroxylation sites is 2. The number of nitrogens with two attached hydrogens (primary N) is 1. The molecule has 4 aromatic rings. The van der Waals surface area contributed by atoms with Gasteiger partial charge in [0.15, 0.2) is 5.65 Å². The van der Waals surface area contributed by atoms with E-state index in [0.717, 1.165) is 24.8 Å². The summed E-state index contributed by atoms with van der Waals surface area (Å²) in [6, 6.07) is 15.9. The number of aromatic nitrogens is 3. The van der Waals surface area contributed by atoms with Gasteiger partial charge in [-0.1, -0.05) is 69.4 Å². The van der Waals surface area contributed by atoms with Gasteiger partial charge in [-0.2, -0.15) is 0 Å². The van der Waals surface area contributed by atoms with Crippen molar-refractivity contribution in [3.8, 4) is 0 Å². The van der Waals surface area contributed by atoms with E-state index in [-0.39, 0.29) is 15.6 Å². The molecule has 7 heteroatoms. The topological polar surface area (TPSA) is 90.9 Å². The number of nitrogens with zero attached hydrogens (tertiary/aromatic N) is 3. The largest absolute Gasteiger partial charge is 0.384 e. The van der Waals surface area contributed by atoms with Crippen molar-refractivity contribution < 1.29 is 8.42 Å². The Morgan fingerprint density at radius 1 is 0.839 bits per heavy atom. The normalized spacial score (nSPS) is 12.0. The van der Waals surface area contributed by atoms with E-state index in [2.05, 4.69) is 11.9 Å². The second kappa shape index (κ2) is 9.06. The summed E-state index contributed by atoms with van der Waals surface area (Å²) in [5.74, 6) is 0.211. The van der Waals surface area contributed by atoms with Crippen LogP contribution in [0.1, 0.15) is 45.4 Å². The number of anilines is 1. The molecule has 0 fully saturated rings. The van der Waals surface area contributed by atoms with Crippen LogP contribution >= 0.6 is 0 Å². The average molecular weight is 437 g/mol. The number of hydrogen-bond donors (Lipinski definition) is 1. The summed E-state index contributed by atoms with van der Waals surface area (Å²) in [7, 11) is -3.83. The smallest absolute Gasteiger partial charge is 0.212 e. The fourth-order valence-corrected chi connectivity index (χ4v) is 5.48. The third kappa shape index (κ3) is 4.14. The average Bonchev–Trinajstić information content (AvgIpc) is 3.06. The molecule has 162 valence electrons. The third-order valence-electron chi connectivity index (χ3n) is 5.60. The number of unbranched alkanes of at least 4 members (excludes halogenated alkanes) is 5. The Balaban J connectivity index is 1.82. The number of nitrogen functional groups attached to an aromatic ring is 1. The third-order valence-corrected chi connectivity index (χ3v) is 7.44. The van der Waals surface area contributed by atoms with E-state index >= 15 is 0 Å². The van der Waals surface area contributed by atoms with Crippen LogP contribution in [0.2, 0.25) is 0 Å². The number of hydrogen-bond acceptors (Lipinski definition) is 5. The van der Waals surface area contributed by atoms with Crippen LogP contribution in [0.15, 0.2) is 64.4 Å². The fourth-order valence-electron chi connectivity index (χ4n) is 3.95. The van der Waals surface area contributed by atoms with Crippen LogP contribution in [0.5, 0.6) is 0 Å². The Kier molecular flexibility index (Phi) is 6.23. The first-order chi connectivity index (χ1) is 15.0. The molecule has 0 aliphatic rings. The van der Waals surface area contributed by atoms with Gasteiger partial charge in [0, 0.05) is 6.54 Å². The van der Waals surface area contributed by atoms with Crippen molar-refractivity contribution in [3.05, 3.63) is 54.6 Å². The highest BCUT2D eigenvalue weighted by atomic mass is 32.2. The molecule has 0 bridgehead atoms. The second-order valence-electron chi connectivity index (χ2n) is 7.83. The SMILES string of the molecule is CCCCCCCCn1c(N)c(S(=O)(=O)c2ccccc2)c2nc3ccccc3nc21. The summed E-state index contributed by atoms with van der Waals surface area (Å²) in [4.78, 5) is 9.69. The maximum absolute atomic E-state index is 13.5. The lowest BCUT2D eigenvalue weighted by molar-refractivity contribution is 0.565. The molecule has 0 saturated heterocycles. The van der Waals surface area contributed by atoms with E-state index in [4.69, 9.17) is 10.7 Å². The van der Waals surface area contributed by atoms with Gasteiger partial charge in [-0.25, -0.2) is 18.4 Å². The van der Waals surface area contributed by atoms with Crippen LogP contribution in [-0.4, -0.2) is 23.0 Å². The second-order valence-corrected chi connectivity index (χ2v) is 9.72. The summed E-state index contributed by atoms with van der Waals surface area (Å²) in [5.41, 5.74) is 8.71. The molecule has 0 aliphatic heterocycles. The maximum Gasteiger partial charge on any atom is 0.212 e. The predicted octanol–water partition coefficient (Wildman–Crippen LogP) is 5.36. The molecule has 0 unspecified atom stereocenters. The lowest BCUT2D eigenvalue weighted by atomic mass is 10.1. The summed E-state index contributed by atoms with van der Waals surface area (Å²) < 4.78 is 28.8. The number of rotatable bonds is 9. The molecule has 0 spiro atoms. The quantitative estimate of drug-likeness (QED) is 0.357. The number of sulfone groups is 1. The van der Waals surface area contributed by atoms with Crippen LogP contribution in [0.3, 0.4) is 0 Å². The van der Waals surface area contributed by atoms with Gasteiger partial charge < -0.3 is 10.3 Å². The number of benzene rings is 2. The molecule has 0 amide bonds. The highest BCUT2D eigenvalue weighted by Gasteiger charge is 2.29. The number of aryl methyl sites for hydroxylation is 1. The first-order valence-electron chi connectivity index (χ1n) is 10.9. The van der Waals surface area contributed by atoms with Crippen molar-refractivity contribution in [2.24, 2.45) is 0 Å². The van der Waals surface area contributed by atoms with Gasteiger partial charge in [-0.15, -0.1) is 0 Å². The molecule has 0 aliphatic carbocycles. The van der Waals surface area contributed by atoms with Crippen molar-refractivity contribution >= 4 is 37.9 Å². The highest BCUT2D eigenvalue weighted by Crippen LogP contribution is 2.35. The predicted molar refractivity (Wildman–Crippen MR) is 125 cm³/mol. The van der Waals surface area contributed by atoms with E-state index in [0.29, 0.717) is 23.2 Å². The Labute approximate surface area is 183 Å². The van der Waals surface area contributed by atoms with Crippen LogP contribution in [0.4, 0.5) is 5.82 Å². The summed E-state index contributed by atoms with van der Waals surface area (Å²) in [5, 5.41) is 0. The molecule has 0 saturated carbocycles. The first kappa shape index (κ1) is 21.3. The molecule has 2 aromatic carbocycles. The minimum Gasteiger partial charge on any atom is -0.384 e. The molecule has 4 rings (SSSR count). The van der Waals surface area contributed by atoms with Crippen LogP contribution in [0.25, 0.3) is 22.2 Å². The fraction of sp³-hybridized carbons (Fsp3) is 0.333. The molecule has 0 radical (unpaired) electrons. The Hall–Kier alpha value is -2.93. The van der Waals surface area contributed by atoms with Crippen LogP contribution in [-0.2, 0) is 16.4 Å². The summed E-state index contributed by atoms with van der Waals surface area (Å²) in [6.07, 6.45) is 6.81. The molecule has 0 atom stereocenters. The van der Waals surface area contributed by atoms with Gasteiger partial charge in [0.05, 0.1) is 15.9 Å². The summed E-state index contributed by atoms with van der Waals surface area (Å²) >= 11 is 0. The zero-order valence-electron chi connectivity index (χ0n) is 17.8. The minimum atomic E-state index is -3.83. The Morgan fingerprint density at radius 3 is 2.16 bits per heavy atom. The van der Waals surface area contributed by atoms with Gasteiger partial charge >= 0.3 is 0 Å². The molecular formula is C24H28N4O2S. The highest BCUT2D eigenvalue weighted by molar-refractivity contribution is 7.92. The van der Waals surface area contributed by atoms with Gasteiger partial charge in [0.1, 0.15) is 16.2 Å². The van der Waals surface area contributed by atoms with Gasteiger partial charge in [-0.05, 0) is 30.7 Å². The molecule has 2 aromatic heterocycles. The molecule has 6 nitrogen and oxygen atoms in total. The zero-order valence-corrected chi connectivity index (χ0v) is 18.6. The van der Waals surface area contributed by atoms with E-state index in [1.165, 1.54) is 19.3 Å². The summed E-state index contributed by atoms with van der Waals surface area (Å²) in [6.45, 7) is 2.82. The Bertz CT molecular complexity index is 1300. The molecule has 2 heterocycles. The molecule has 2 N–H and O–H groups in total. The lowest BCUT2D eigenvalue weighted by Gasteiger charge is -2.08. The van der Waals surface area contributed by atoms with Gasteiger partial charge in [0.25, 0.3) is 0 Å². The monoisotopic (exact) mass is 436 g/mol. The van der Waals surface area contributed by atoms with E-state index < -0.39 is 9.84 Å². The maximum atomic E-state index is 13.5. The van der Waals surface area contributed by atoms with E-state index in [9.17, 15) is 8.42 Å². The van der Waals surface area contributed by atoms with Crippen molar-refractivity contribution in [2.75, 3.05) is 5.73 Å². The zero-order chi connectivity index (χ0) is 21.8. The molecular weight excluding hydrogens is 408 g/mol. The van der Waals surface area contributed by atoms with E-state index in [1.54, 1.807) is 30.3 Å². The van der Waals surface area contributed by atoms with Crippen molar-refractivity contribution in [1.82, 2.24) is 14.5 Å². The van der Waals surface area contributed by atoms with Crippen LogP contribution in [0, 0.1) is 0 Å². The minimum absolute atomic E-state index is 0.0536. The van der Waals surface area contributed by atoms with Gasteiger partial charge in [0.2, 0.25) is 9.84 Å². The Morgan fingerprint density at radius 2 is 1.45 bits per heavy atom. The van der Waals surface area contributed by atoms with Gasteiger partial charge in [-0.3, -0.25) is 0 Å². The first-order valence-corrected chi connectivity index (χ1v) is 12.4. The number of fused-ring (bicyclic) bond motifs is 2. The standard InChI is InChI=1S/C24H28N4O2S/c1-2-3-4-5-6-12-17-28-23(25)22(31(29,30)18-13-8-7-9-14-18)21-24(28)27-20-16-11-10-15-19(20)26-21/h7-11,13-16H,2-6,12,17,25H2,1H3. The van der Waals surface area contributed by atoms with E-state index in [1.807, 2.05) is 28.8 Å². The van der Waals surface area contributed by atoms with Crippen LogP contribution < -0.4 is 5.73 Å².